The summed E-state index contributed by atoms with van der Waals surface area (Å²) in [6, 6.07) is 45.6. The molecule has 1 saturated carbocycles. The van der Waals surface area contributed by atoms with Gasteiger partial charge in [0.25, 0.3) is 0 Å². The van der Waals surface area contributed by atoms with Crippen LogP contribution in [-0.2, 0) is 9.59 Å². The van der Waals surface area contributed by atoms with E-state index in [9.17, 15) is 19.8 Å². The number of anilines is 3. The van der Waals surface area contributed by atoms with Crippen LogP contribution in [0.2, 0.25) is 0 Å². The molecule has 4 heterocycles. The van der Waals surface area contributed by atoms with E-state index in [2.05, 4.69) is 126 Å². The predicted octanol–water partition coefficient (Wildman–Crippen LogP) is 15.1. The van der Waals surface area contributed by atoms with Crippen LogP contribution in [0.3, 0.4) is 0 Å². The van der Waals surface area contributed by atoms with Gasteiger partial charge in [0.1, 0.15) is 23.3 Å². The van der Waals surface area contributed by atoms with Crippen molar-refractivity contribution in [1.29, 1.82) is 10.5 Å². The fourth-order valence-electron chi connectivity index (χ4n) is 7.45. The third-order valence-electron chi connectivity index (χ3n) is 10.7. The normalized spacial score (nSPS) is 13.6. The van der Waals surface area contributed by atoms with Crippen molar-refractivity contribution in [1.82, 2.24) is 0 Å². The Morgan fingerprint density at radius 3 is 1.24 bits per heavy atom. The fourth-order valence-corrected chi connectivity index (χ4v) is 11.4. The highest BCUT2D eigenvalue weighted by Gasteiger charge is 2.18. The first-order chi connectivity index (χ1) is 30.7. The Kier molecular flexibility index (Phi) is 13.5. The molecule has 0 saturated heterocycles. The molecule has 0 unspecified atom stereocenters. The first kappa shape index (κ1) is 42.8. The summed E-state index contributed by atoms with van der Waals surface area (Å²) in [4.78, 5) is 32.6. The Labute approximate surface area is 382 Å². The smallest absolute Gasteiger partial charge is 0.346 e. The van der Waals surface area contributed by atoms with E-state index < -0.39 is 11.9 Å². The lowest BCUT2D eigenvalue weighted by atomic mass is 9.84. The summed E-state index contributed by atoms with van der Waals surface area (Å²) < 4.78 is 0. The summed E-state index contributed by atoms with van der Waals surface area (Å²) in [6.45, 7) is 0. The maximum absolute atomic E-state index is 11.3. The Morgan fingerprint density at radius 2 is 0.857 bits per heavy atom. The maximum Gasteiger partial charge on any atom is 0.346 e. The van der Waals surface area contributed by atoms with E-state index in [1.165, 1.54) is 72.5 Å². The number of aliphatic carboxylic acids is 2. The highest BCUT2D eigenvalue weighted by Crippen LogP contribution is 2.40. The van der Waals surface area contributed by atoms with Crippen LogP contribution in [0.1, 0.15) is 74.2 Å². The van der Waals surface area contributed by atoms with Gasteiger partial charge in [-0.15, -0.1) is 45.3 Å². The monoisotopic (exact) mass is 897 g/mol. The van der Waals surface area contributed by atoms with Gasteiger partial charge in [-0.05, 0) is 145 Å². The number of benzene rings is 3. The largest absolute Gasteiger partial charge is 0.477 e. The van der Waals surface area contributed by atoms with E-state index in [-0.39, 0.29) is 11.1 Å². The van der Waals surface area contributed by atoms with E-state index in [0.29, 0.717) is 5.92 Å². The Balaban J connectivity index is 0.989. The van der Waals surface area contributed by atoms with Gasteiger partial charge in [0.05, 0.1) is 0 Å². The zero-order valence-electron chi connectivity index (χ0n) is 33.8. The van der Waals surface area contributed by atoms with Gasteiger partial charge in [0.15, 0.2) is 0 Å². The number of carboxylic acid groups (broad SMARTS) is 2. The zero-order chi connectivity index (χ0) is 43.7. The van der Waals surface area contributed by atoms with E-state index in [1.807, 2.05) is 24.3 Å². The third-order valence-corrected chi connectivity index (χ3v) is 15.2. The zero-order valence-corrected chi connectivity index (χ0v) is 37.1. The minimum absolute atomic E-state index is 0.284. The molecule has 1 fully saturated rings. The van der Waals surface area contributed by atoms with Gasteiger partial charge in [-0.25, -0.2) is 9.59 Å². The second-order valence-electron chi connectivity index (χ2n) is 14.9. The summed E-state index contributed by atoms with van der Waals surface area (Å²) in [5.74, 6) is -1.84. The Morgan fingerprint density at radius 1 is 0.492 bits per heavy atom. The third kappa shape index (κ3) is 10.6. The summed E-state index contributed by atoms with van der Waals surface area (Å²) in [5, 5.41) is 36.7. The summed E-state index contributed by atoms with van der Waals surface area (Å²) in [7, 11) is 0. The van der Waals surface area contributed by atoms with Crippen molar-refractivity contribution in [3.8, 4) is 31.6 Å². The van der Waals surface area contributed by atoms with Crippen LogP contribution < -0.4 is 4.90 Å². The van der Waals surface area contributed by atoms with Crippen LogP contribution in [0.25, 0.3) is 56.0 Å². The molecule has 0 atom stereocenters. The highest BCUT2D eigenvalue weighted by molar-refractivity contribution is 7.23. The first-order valence-corrected chi connectivity index (χ1v) is 23.6. The van der Waals surface area contributed by atoms with Crippen LogP contribution in [0.15, 0.2) is 132 Å². The molecule has 8 rings (SSSR count). The van der Waals surface area contributed by atoms with E-state index >= 15 is 0 Å². The number of nitrogens with zero attached hydrogens (tertiary/aromatic N) is 3. The minimum atomic E-state index is -1.23. The average Bonchev–Trinajstić information content (AvgIpc) is 4.16. The predicted molar refractivity (Wildman–Crippen MR) is 263 cm³/mol. The highest BCUT2D eigenvalue weighted by atomic mass is 32.1. The van der Waals surface area contributed by atoms with Crippen molar-refractivity contribution < 1.29 is 19.8 Å². The van der Waals surface area contributed by atoms with Gasteiger partial charge in [0, 0.05) is 56.1 Å². The van der Waals surface area contributed by atoms with Gasteiger partial charge in [-0.3, -0.25) is 0 Å². The molecule has 2 N–H and O–H groups in total. The van der Waals surface area contributed by atoms with Gasteiger partial charge in [-0.2, -0.15) is 10.5 Å². The molecule has 0 aliphatic heterocycles. The number of carbonyl (C=O) groups is 2. The van der Waals surface area contributed by atoms with E-state index in [4.69, 9.17) is 10.5 Å². The lowest BCUT2D eigenvalue weighted by Gasteiger charge is -2.27. The van der Waals surface area contributed by atoms with Crippen LogP contribution in [0, 0.1) is 22.7 Å². The molecular formula is C52H39N3O4S4. The molecule has 310 valence electrons. The van der Waals surface area contributed by atoms with E-state index in [1.54, 1.807) is 34.8 Å². The van der Waals surface area contributed by atoms with Crippen LogP contribution in [0.4, 0.5) is 17.1 Å². The van der Waals surface area contributed by atoms with Gasteiger partial charge in [-0.1, -0.05) is 67.8 Å². The first-order valence-electron chi connectivity index (χ1n) is 20.3. The molecular weight excluding hydrogens is 859 g/mol. The molecule has 0 bridgehead atoms. The molecule has 4 aromatic heterocycles. The number of thiophene rings is 4. The van der Waals surface area contributed by atoms with Crippen LogP contribution in [-0.4, -0.2) is 22.2 Å². The SMILES string of the molecule is N#C/C(=C\c1ccc(-c2ccc(/C=C/c3ccc(N(c4ccc(/C=C/c5ccc(-c6ccc(/C=C(\C#N)C(=O)O)s6)s5)cc4)c4ccc(C5CCCCC5)cc4)cc3)s2)s1)C(=O)O. The molecule has 0 amide bonds. The van der Waals surface area contributed by atoms with E-state index in [0.717, 1.165) is 67.2 Å². The standard InChI is InChI=1S/C52H39N3O4S4/c53-32-38(51(56)57)30-45-24-28-49(62-45)47-26-22-43(60-47)20-10-34-6-14-40(15-7-34)55(42-18-12-37(13-19-42)36-4-2-1-3-5-36)41-16-8-35(9-17-41)11-21-44-23-27-48(61-44)50-29-25-46(63-50)31-39(33-54)52(58)59/h6-31,36H,1-5H2,(H,56,57)(H,58,59)/b20-10+,21-11+,38-30+,39-31+. The van der Waals surface area contributed by atoms with Gasteiger partial charge in [0.2, 0.25) is 0 Å². The quantitative estimate of drug-likeness (QED) is 0.0822. The summed E-state index contributed by atoms with van der Waals surface area (Å²) in [5.41, 5.74) is 6.18. The molecule has 1 aliphatic rings. The molecule has 63 heavy (non-hydrogen) atoms. The van der Waals surface area contributed by atoms with Crippen LogP contribution in [0.5, 0.6) is 0 Å². The minimum Gasteiger partial charge on any atom is -0.477 e. The molecule has 0 radical (unpaired) electrons. The number of rotatable bonds is 14. The van der Waals surface area contributed by atoms with Crippen molar-refractivity contribution in [3.63, 3.8) is 0 Å². The Hall–Kier alpha value is -6.86. The number of hydrogen-bond donors (Lipinski definition) is 2. The topological polar surface area (TPSA) is 125 Å². The maximum atomic E-state index is 11.3. The molecule has 7 nitrogen and oxygen atoms in total. The number of nitriles is 2. The molecule has 3 aromatic carbocycles. The van der Waals surface area contributed by atoms with Gasteiger partial charge < -0.3 is 15.1 Å². The lowest BCUT2D eigenvalue weighted by molar-refractivity contribution is -0.133. The second kappa shape index (κ2) is 19.9. The molecule has 7 aromatic rings. The lowest BCUT2D eigenvalue weighted by Crippen LogP contribution is -2.10. The molecule has 0 spiro atoms. The second-order valence-corrected chi connectivity index (χ2v) is 19.3. The molecule has 1 aliphatic carbocycles. The number of hydrogen-bond acceptors (Lipinski definition) is 9. The Bertz CT molecular complexity index is 2790. The average molecular weight is 898 g/mol. The van der Waals surface area contributed by atoms with Crippen LogP contribution >= 0.6 is 45.3 Å². The number of carboxylic acids is 2. The summed E-state index contributed by atoms with van der Waals surface area (Å²) >= 11 is 6.22. The fraction of sp³-hybridized carbons (Fsp3) is 0.115. The van der Waals surface area contributed by atoms with Crippen molar-refractivity contribution in [3.05, 3.63) is 169 Å². The van der Waals surface area contributed by atoms with Crippen molar-refractivity contribution in [2.45, 2.75) is 38.0 Å². The summed E-state index contributed by atoms with van der Waals surface area (Å²) in [6.07, 6.45) is 17.7. The van der Waals surface area contributed by atoms with Gasteiger partial charge >= 0.3 is 11.9 Å². The van der Waals surface area contributed by atoms with Crippen molar-refractivity contribution in [2.24, 2.45) is 0 Å². The van der Waals surface area contributed by atoms with Crippen molar-refractivity contribution in [2.75, 3.05) is 4.90 Å². The molecule has 11 heteroatoms. The van der Waals surface area contributed by atoms with Crippen molar-refractivity contribution >= 4 is 111 Å².